The van der Waals surface area contributed by atoms with Gasteiger partial charge in [-0.05, 0) is 48.2 Å². The van der Waals surface area contributed by atoms with Gasteiger partial charge in [0, 0.05) is 18.7 Å². The fraction of sp³-hybridized carbons (Fsp3) is 0.263. The van der Waals surface area contributed by atoms with Gasteiger partial charge in [-0.25, -0.2) is 0 Å². The Morgan fingerprint density at radius 3 is 1.88 bits per heavy atom. The van der Waals surface area contributed by atoms with Crippen molar-refractivity contribution in [2.24, 2.45) is 5.92 Å². The number of benzene rings is 2. The fourth-order valence-electron chi connectivity index (χ4n) is 2.97. The van der Waals surface area contributed by atoms with Gasteiger partial charge in [-0.15, -0.1) is 0 Å². The number of rotatable bonds is 3. The predicted molar refractivity (Wildman–Crippen MR) is 89.8 cm³/mol. The molecule has 2 aromatic rings. The zero-order valence-electron chi connectivity index (χ0n) is 13.2. The number of carbonyl (C=O) groups excluding carboxylic acids is 1. The van der Waals surface area contributed by atoms with Crippen LogP contribution in [0, 0.1) is 5.92 Å². The molecule has 1 amide bonds. The Bertz CT molecular complexity index is 729. The molecule has 0 aromatic heterocycles. The molecule has 1 aliphatic rings. The molecule has 24 heavy (non-hydrogen) atoms. The first-order chi connectivity index (χ1) is 11.5. The summed E-state index contributed by atoms with van der Waals surface area (Å²) < 4.78 is 0. The van der Waals surface area contributed by atoms with Crippen molar-refractivity contribution in [2.45, 2.75) is 12.8 Å². The molecule has 0 aliphatic carbocycles. The number of phenolic OH excluding ortho intramolecular Hbond substituents is 1. The molecule has 1 aliphatic heterocycles. The van der Waals surface area contributed by atoms with Crippen LogP contribution in [0.15, 0.2) is 48.5 Å². The largest absolute Gasteiger partial charge is 0.508 e. The summed E-state index contributed by atoms with van der Waals surface area (Å²) in [7, 11) is 0. The third-order valence-electron chi connectivity index (χ3n) is 4.46. The molecule has 124 valence electrons. The summed E-state index contributed by atoms with van der Waals surface area (Å²) in [5, 5.41) is 18.3. The maximum atomic E-state index is 12.5. The van der Waals surface area contributed by atoms with E-state index in [0.29, 0.717) is 31.5 Å². The van der Waals surface area contributed by atoms with Gasteiger partial charge in [0.05, 0.1) is 5.92 Å². The van der Waals surface area contributed by atoms with E-state index in [1.54, 1.807) is 29.2 Å². The lowest BCUT2D eigenvalue weighted by atomic mass is 9.96. The van der Waals surface area contributed by atoms with Gasteiger partial charge in [-0.2, -0.15) is 0 Å². The summed E-state index contributed by atoms with van der Waals surface area (Å²) in [6.45, 7) is 0.963. The van der Waals surface area contributed by atoms with Gasteiger partial charge in [-0.1, -0.05) is 24.3 Å². The highest BCUT2D eigenvalue weighted by molar-refractivity contribution is 5.95. The zero-order valence-corrected chi connectivity index (χ0v) is 13.2. The number of carbonyl (C=O) groups is 2. The highest BCUT2D eigenvalue weighted by Crippen LogP contribution is 2.24. The Kier molecular flexibility index (Phi) is 4.51. The highest BCUT2D eigenvalue weighted by atomic mass is 16.4. The summed E-state index contributed by atoms with van der Waals surface area (Å²) >= 11 is 0. The maximum Gasteiger partial charge on any atom is 0.306 e. The van der Waals surface area contributed by atoms with Crippen molar-refractivity contribution in [3.63, 3.8) is 0 Å². The summed E-state index contributed by atoms with van der Waals surface area (Å²) in [6.07, 6.45) is 1.01. The van der Waals surface area contributed by atoms with Crippen molar-refractivity contribution in [3.8, 4) is 16.9 Å². The number of phenols is 1. The van der Waals surface area contributed by atoms with Crippen LogP contribution in [0.3, 0.4) is 0 Å². The van der Waals surface area contributed by atoms with Crippen molar-refractivity contribution in [3.05, 3.63) is 54.1 Å². The second kappa shape index (κ2) is 6.74. The SMILES string of the molecule is O=C(O)C1CCN(C(=O)c2ccc(-c3ccc(O)cc3)cc2)CC1. The van der Waals surface area contributed by atoms with Gasteiger partial charge in [0.2, 0.25) is 0 Å². The first kappa shape index (κ1) is 16.1. The minimum absolute atomic E-state index is 0.0592. The molecule has 0 radical (unpaired) electrons. The van der Waals surface area contributed by atoms with Gasteiger partial charge < -0.3 is 15.1 Å². The van der Waals surface area contributed by atoms with Crippen LogP contribution >= 0.6 is 0 Å². The average molecular weight is 325 g/mol. The van der Waals surface area contributed by atoms with E-state index >= 15 is 0 Å². The monoisotopic (exact) mass is 325 g/mol. The van der Waals surface area contributed by atoms with Gasteiger partial charge >= 0.3 is 5.97 Å². The number of piperidine rings is 1. The quantitative estimate of drug-likeness (QED) is 0.909. The van der Waals surface area contributed by atoms with Crippen molar-refractivity contribution in [2.75, 3.05) is 13.1 Å². The standard InChI is InChI=1S/C19H19NO4/c21-17-7-5-14(6-8-17)13-1-3-15(4-2-13)18(22)20-11-9-16(10-12-20)19(23)24/h1-8,16,21H,9-12H2,(H,23,24). The lowest BCUT2D eigenvalue weighted by Crippen LogP contribution is -2.40. The van der Waals surface area contributed by atoms with E-state index in [4.69, 9.17) is 5.11 Å². The Hall–Kier alpha value is -2.82. The fourth-order valence-corrected chi connectivity index (χ4v) is 2.97. The van der Waals surface area contributed by atoms with E-state index in [-0.39, 0.29) is 17.6 Å². The molecule has 5 heteroatoms. The summed E-state index contributed by atoms with van der Waals surface area (Å²) in [6, 6.07) is 14.2. The van der Waals surface area contributed by atoms with E-state index in [9.17, 15) is 14.7 Å². The molecule has 5 nitrogen and oxygen atoms in total. The molecule has 2 aromatic carbocycles. The number of hydrogen-bond acceptors (Lipinski definition) is 3. The average Bonchev–Trinajstić information content (AvgIpc) is 2.62. The van der Waals surface area contributed by atoms with E-state index < -0.39 is 5.97 Å². The van der Waals surface area contributed by atoms with Crippen LogP contribution in [0.25, 0.3) is 11.1 Å². The molecule has 1 saturated heterocycles. The van der Waals surface area contributed by atoms with Gasteiger partial charge in [0.25, 0.3) is 5.91 Å². The van der Waals surface area contributed by atoms with E-state index in [1.807, 2.05) is 24.3 Å². The number of carboxylic acids is 1. The third-order valence-corrected chi connectivity index (χ3v) is 4.46. The molecule has 0 bridgehead atoms. The number of amides is 1. The van der Waals surface area contributed by atoms with Gasteiger partial charge in [0.15, 0.2) is 0 Å². The van der Waals surface area contributed by atoms with Crippen molar-refractivity contribution in [1.29, 1.82) is 0 Å². The molecule has 0 saturated carbocycles. The lowest BCUT2D eigenvalue weighted by molar-refractivity contribution is -0.143. The Morgan fingerprint density at radius 2 is 1.38 bits per heavy atom. The van der Waals surface area contributed by atoms with Crippen molar-refractivity contribution in [1.82, 2.24) is 4.90 Å². The third kappa shape index (κ3) is 3.40. The number of hydrogen-bond donors (Lipinski definition) is 2. The second-order valence-electron chi connectivity index (χ2n) is 6.03. The molecule has 0 spiro atoms. The highest BCUT2D eigenvalue weighted by Gasteiger charge is 2.27. The number of likely N-dealkylation sites (tertiary alicyclic amines) is 1. The lowest BCUT2D eigenvalue weighted by Gasteiger charge is -2.30. The molecule has 3 rings (SSSR count). The van der Waals surface area contributed by atoms with Crippen molar-refractivity contribution < 1.29 is 19.8 Å². The summed E-state index contributed by atoms with van der Waals surface area (Å²) in [5.74, 6) is -0.960. The van der Waals surface area contributed by atoms with Crippen LogP contribution < -0.4 is 0 Å². The number of carboxylic acid groups (broad SMARTS) is 1. The smallest absolute Gasteiger partial charge is 0.306 e. The van der Waals surface area contributed by atoms with Crippen molar-refractivity contribution >= 4 is 11.9 Å². The summed E-state index contributed by atoms with van der Waals surface area (Å²) in [4.78, 5) is 25.2. The molecular formula is C19H19NO4. The number of aliphatic carboxylic acids is 1. The molecule has 0 atom stereocenters. The molecule has 1 heterocycles. The minimum Gasteiger partial charge on any atom is -0.508 e. The van der Waals surface area contributed by atoms with Crippen LogP contribution in [0.1, 0.15) is 23.2 Å². The molecular weight excluding hydrogens is 306 g/mol. The molecule has 2 N–H and O–H groups in total. The minimum atomic E-state index is -0.777. The first-order valence-electron chi connectivity index (χ1n) is 7.96. The Morgan fingerprint density at radius 1 is 0.875 bits per heavy atom. The Labute approximate surface area is 140 Å². The second-order valence-corrected chi connectivity index (χ2v) is 6.03. The number of aromatic hydroxyl groups is 1. The van der Waals surface area contributed by atoms with E-state index in [2.05, 4.69) is 0 Å². The zero-order chi connectivity index (χ0) is 17.1. The Balaban J connectivity index is 1.68. The van der Waals surface area contributed by atoms with Gasteiger partial charge in [0.1, 0.15) is 5.75 Å². The summed E-state index contributed by atoms with van der Waals surface area (Å²) in [5.41, 5.74) is 2.54. The van der Waals surface area contributed by atoms with Crippen LogP contribution in [0.4, 0.5) is 0 Å². The topological polar surface area (TPSA) is 77.8 Å². The normalized spacial score (nSPS) is 15.2. The molecule has 0 unspecified atom stereocenters. The van der Waals surface area contributed by atoms with Gasteiger partial charge in [-0.3, -0.25) is 9.59 Å². The maximum absolute atomic E-state index is 12.5. The van der Waals surface area contributed by atoms with Crippen LogP contribution in [-0.4, -0.2) is 40.1 Å². The predicted octanol–water partition coefficient (Wildman–Crippen LogP) is 3.00. The molecule has 1 fully saturated rings. The van der Waals surface area contributed by atoms with E-state index in [1.165, 1.54) is 0 Å². The van der Waals surface area contributed by atoms with E-state index in [0.717, 1.165) is 11.1 Å². The van der Waals surface area contributed by atoms with Crippen LogP contribution in [0.5, 0.6) is 5.75 Å². The first-order valence-corrected chi connectivity index (χ1v) is 7.96. The van der Waals surface area contributed by atoms with Crippen LogP contribution in [-0.2, 0) is 4.79 Å². The van der Waals surface area contributed by atoms with Crippen LogP contribution in [0.2, 0.25) is 0 Å². The number of nitrogens with zero attached hydrogens (tertiary/aromatic N) is 1.